The summed E-state index contributed by atoms with van der Waals surface area (Å²) in [6.07, 6.45) is 2.27. The predicted octanol–water partition coefficient (Wildman–Crippen LogP) is 2.34. The molecule has 1 aliphatic carbocycles. The Balaban J connectivity index is 2.43. The molecule has 19 heavy (non-hydrogen) atoms. The molecule has 0 radical (unpaired) electrons. The van der Waals surface area contributed by atoms with Crippen LogP contribution in [0, 0.1) is 11.3 Å². The lowest BCUT2D eigenvalue weighted by Gasteiger charge is -2.35. The van der Waals surface area contributed by atoms with Gasteiger partial charge in [0.2, 0.25) is 5.91 Å². The van der Waals surface area contributed by atoms with E-state index in [9.17, 15) is 15.2 Å². The summed E-state index contributed by atoms with van der Waals surface area (Å²) in [6, 6.07) is 9.73. The van der Waals surface area contributed by atoms with Gasteiger partial charge in [-0.15, -0.1) is 0 Å². The molecule has 0 aromatic heterocycles. The van der Waals surface area contributed by atoms with Crippen LogP contribution in [0.1, 0.15) is 38.2 Å². The summed E-state index contributed by atoms with van der Waals surface area (Å²) in [6.45, 7) is 1.45. The van der Waals surface area contributed by atoms with Gasteiger partial charge in [-0.3, -0.25) is 4.79 Å². The topological polar surface area (TPSA) is 73.1 Å². The van der Waals surface area contributed by atoms with Crippen molar-refractivity contribution in [1.82, 2.24) is 0 Å². The molecule has 2 rings (SSSR count). The number of carbonyl (C=O) groups excluding carboxylic acids is 1. The quantitative estimate of drug-likeness (QED) is 0.855. The fourth-order valence-electron chi connectivity index (χ4n) is 2.85. The number of hydrogen-bond acceptors (Lipinski definition) is 3. The maximum Gasteiger partial charge on any atom is 0.221 e. The Morgan fingerprint density at radius 1 is 1.53 bits per heavy atom. The van der Waals surface area contributed by atoms with E-state index in [1.54, 1.807) is 6.07 Å². The van der Waals surface area contributed by atoms with Gasteiger partial charge in [0.1, 0.15) is 0 Å². The Bertz CT molecular complexity index is 521. The molecule has 0 heterocycles. The number of anilines is 1. The number of aliphatic hydroxyl groups is 1. The Kier molecular flexibility index (Phi) is 3.87. The van der Waals surface area contributed by atoms with E-state index < -0.39 is 11.5 Å². The van der Waals surface area contributed by atoms with Crippen molar-refractivity contribution in [3.05, 3.63) is 29.8 Å². The number of amides is 1. The van der Waals surface area contributed by atoms with Crippen molar-refractivity contribution < 1.29 is 9.90 Å². The van der Waals surface area contributed by atoms with Gasteiger partial charge in [0.05, 0.1) is 17.6 Å². The van der Waals surface area contributed by atoms with Gasteiger partial charge in [-0.05, 0) is 37.3 Å². The van der Waals surface area contributed by atoms with E-state index in [2.05, 4.69) is 11.4 Å². The first-order chi connectivity index (χ1) is 9.07. The number of carbonyl (C=O) groups is 1. The standard InChI is InChI=1S/C15H18N2O2/c1-11(18)17-14-7-3-2-6-13(14)15(10-16)8-4-5-12(19)9-15/h2-3,6-7,12,19H,4-5,8-9H2,1H3,(H,17,18). The normalized spacial score (nSPS) is 26.5. The van der Waals surface area contributed by atoms with Gasteiger partial charge in [0.15, 0.2) is 0 Å². The molecule has 2 unspecified atom stereocenters. The number of para-hydroxylation sites is 1. The van der Waals surface area contributed by atoms with Crippen molar-refractivity contribution in [2.75, 3.05) is 5.32 Å². The minimum Gasteiger partial charge on any atom is -0.393 e. The third-order valence-corrected chi connectivity index (χ3v) is 3.69. The highest BCUT2D eigenvalue weighted by Crippen LogP contribution is 2.42. The lowest BCUT2D eigenvalue weighted by molar-refractivity contribution is -0.114. The smallest absolute Gasteiger partial charge is 0.221 e. The summed E-state index contributed by atoms with van der Waals surface area (Å²) < 4.78 is 0. The molecule has 1 aliphatic rings. The van der Waals surface area contributed by atoms with Crippen molar-refractivity contribution >= 4 is 11.6 Å². The van der Waals surface area contributed by atoms with E-state index in [0.29, 0.717) is 12.1 Å². The van der Waals surface area contributed by atoms with Crippen molar-refractivity contribution in [2.24, 2.45) is 0 Å². The average Bonchev–Trinajstić information content (AvgIpc) is 2.38. The Morgan fingerprint density at radius 3 is 2.89 bits per heavy atom. The molecule has 2 atom stereocenters. The zero-order chi connectivity index (χ0) is 13.9. The monoisotopic (exact) mass is 258 g/mol. The van der Waals surface area contributed by atoms with Crippen LogP contribution < -0.4 is 5.32 Å². The number of hydrogen-bond donors (Lipinski definition) is 2. The van der Waals surface area contributed by atoms with E-state index >= 15 is 0 Å². The van der Waals surface area contributed by atoms with Crippen LogP contribution in [0.4, 0.5) is 5.69 Å². The van der Waals surface area contributed by atoms with Crippen LogP contribution in [0.15, 0.2) is 24.3 Å². The van der Waals surface area contributed by atoms with E-state index in [1.807, 2.05) is 18.2 Å². The number of aliphatic hydroxyl groups excluding tert-OH is 1. The first-order valence-electron chi connectivity index (χ1n) is 6.54. The van der Waals surface area contributed by atoms with Crippen molar-refractivity contribution in [1.29, 1.82) is 5.26 Å². The molecule has 0 saturated heterocycles. The highest BCUT2D eigenvalue weighted by Gasteiger charge is 2.39. The van der Waals surface area contributed by atoms with E-state index in [-0.39, 0.29) is 5.91 Å². The van der Waals surface area contributed by atoms with Crippen molar-refractivity contribution in [3.63, 3.8) is 0 Å². The second kappa shape index (κ2) is 5.41. The van der Waals surface area contributed by atoms with Gasteiger partial charge in [-0.1, -0.05) is 18.2 Å². The van der Waals surface area contributed by atoms with E-state index in [4.69, 9.17) is 0 Å². The van der Waals surface area contributed by atoms with Gasteiger partial charge in [0.25, 0.3) is 0 Å². The molecule has 2 N–H and O–H groups in total. The highest BCUT2D eigenvalue weighted by molar-refractivity contribution is 5.89. The molecule has 100 valence electrons. The molecule has 4 heteroatoms. The van der Waals surface area contributed by atoms with Gasteiger partial charge in [-0.2, -0.15) is 5.26 Å². The molecular weight excluding hydrogens is 240 g/mol. The summed E-state index contributed by atoms with van der Waals surface area (Å²) in [5, 5.41) is 22.2. The minimum absolute atomic E-state index is 0.156. The fourth-order valence-corrected chi connectivity index (χ4v) is 2.85. The summed E-state index contributed by atoms with van der Waals surface area (Å²) in [4.78, 5) is 11.3. The molecule has 1 aromatic rings. The molecule has 0 bridgehead atoms. The SMILES string of the molecule is CC(=O)Nc1ccccc1C1(C#N)CCCC(O)C1. The number of nitrogens with zero attached hydrogens (tertiary/aromatic N) is 1. The van der Waals surface area contributed by atoms with Crippen LogP contribution >= 0.6 is 0 Å². The van der Waals surface area contributed by atoms with Gasteiger partial charge < -0.3 is 10.4 Å². The average molecular weight is 258 g/mol. The third kappa shape index (κ3) is 2.77. The number of nitriles is 1. The summed E-state index contributed by atoms with van der Waals surface area (Å²) >= 11 is 0. The second-order valence-electron chi connectivity index (χ2n) is 5.17. The molecule has 4 nitrogen and oxygen atoms in total. The molecule has 1 saturated carbocycles. The number of nitrogens with one attached hydrogen (secondary N) is 1. The van der Waals surface area contributed by atoms with E-state index in [0.717, 1.165) is 24.8 Å². The maximum absolute atomic E-state index is 11.3. The van der Waals surface area contributed by atoms with Gasteiger partial charge in [-0.25, -0.2) is 0 Å². The van der Waals surface area contributed by atoms with Gasteiger partial charge in [0, 0.05) is 12.6 Å². The fraction of sp³-hybridized carbons (Fsp3) is 0.467. The van der Waals surface area contributed by atoms with Crippen molar-refractivity contribution in [2.45, 2.75) is 44.1 Å². The van der Waals surface area contributed by atoms with Crippen LogP contribution in [0.5, 0.6) is 0 Å². The Morgan fingerprint density at radius 2 is 2.26 bits per heavy atom. The first-order valence-corrected chi connectivity index (χ1v) is 6.54. The predicted molar refractivity (Wildman–Crippen MR) is 72.5 cm³/mol. The molecule has 1 amide bonds. The van der Waals surface area contributed by atoms with Crippen LogP contribution in [0.25, 0.3) is 0 Å². The molecule has 0 spiro atoms. The number of rotatable bonds is 2. The van der Waals surface area contributed by atoms with Crippen LogP contribution in [0.3, 0.4) is 0 Å². The largest absolute Gasteiger partial charge is 0.393 e. The van der Waals surface area contributed by atoms with Crippen LogP contribution in [0.2, 0.25) is 0 Å². The summed E-state index contributed by atoms with van der Waals surface area (Å²) in [7, 11) is 0. The minimum atomic E-state index is -0.698. The lowest BCUT2D eigenvalue weighted by Crippen LogP contribution is -2.34. The lowest BCUT2D eigenvalue weighted by atomic mass is 9.69. The second-order valence-corrected chi connectivity index (χ2v) is 5.17. The van der Waals surface area contributed by atoms with Crippen LogP contribution in [-0.2, 0) is 10.2 Å². The van der Waals surface area contributed by atoms with Gasteiger partial charge >= 0.3 is 0 Å². The first kappa shape index (κ1) is 13.6. The summed E-state index contributed by atoms with van der Waals surface area (Å²) in [5.41, 5.74) is 0.786. The van der Waals surface area contributed by atoms with Crippen molar-refractivity contribution in [3.8, 4) is 6.07 Å². The molecule has 1 aromatic carbocycles. The highest BCUT2D eigenvalue weighted by atomic mass is 16.3. The van der Waals surface area contributed by atoms with E-state index in [1.165, 1.54) is 6.92 Å². The molecule has 1 fully saturated rings. The summed E-state index contributed by atoms with van der Waals surface area (Å²) in [5.74, 6) is -0.156. The zero-order valence-electron chi connectivity index (χ0n) is 11.0. The van der Waals surface area contributed by atoms with Crippen LogP contribution in [-0.4, -0.2) is 17.1 Å². The third-order valence-electron chi connectivity index (χ3n) is 3.69. The maximum atomic E-state index is 11.3. The molecule has 0 aliphatic heterocycles. The molecular formula is C15H18N2O2. The number of benzene rings is 1. The zero-order valence-corrected chi connectivity index (χ0v) is 11.0. The Labute approximate surface area is 113 Å². The Hall–Kier alpha value is -1.86.